The molecule has 2 rings (SSSR count). The second-order valence-electron chi connectivity index (χ2n) is 7.50. The molecule has 2 amide bonds. The van der Waals surface area contributed by atoms with Crippen molar-refractivity contribution in [2.24, 2.45) is 0 Å². The van der Waals surface area contributed by atoms with E-state index in [-0.39, 0.29) is 17.6 Å². The Bertz CT molecular complexity index is 718. The normalized spacial score (nSPS) is 11.6. The fraction of sp³-hybridized carbons (Fsp3) is 0.474. The van der Waals surface area contributed by atoms with Gasteiger partial charge in [0.05, 0.1) is 6.54 Å². The van der Waals surface area contributed by atoms with E-state index in [0.717, 1.165) is 11.4 Å². The average Bonchev–Trinajstić information content (AvgIpc) is 2.89. The van der Waals surface area contributed by atoms with Crippen LogP contribution in [0.15, 0.2) is 36.7 Å². The second kappa shape index (κ2) is 7.91. The first kappa shape index (κ1) is 19.3. The molecule has 1 N–H and O–H groups in total. The first-order valence-electron chi connectivity index (χ1n) is 8.49. The van der Waals surface area contributed by atoms with Gasteiger partial charge in [-0.25, -0.2) is 9.78 Å². The standard InChI is InChI=1S/C19H27ClN4O/c1-14(2)24(18(25)22-19(3,4)5)13-17-21-9-10-23(17)12-15-7-6-8-16(20)11-15/h6-11,14H,12-13H2,1-5H3,(H,22,25). The van der Waals surface area contributed by atoms with Gasteiger partial charge >= 0.3 is 6.03 Å². The Morgan fingerprint density at radius 1 is 1.36 bits per heavy atom. The molecular formula is C19H27ClN4O. The van der Waals surface area contributed by atoms with Crippen LogP contribution in [-0.2, 0) is 13.1 Å². The molecule has 0 spiro atoms. The molecular weight excluding hydrogens is 336 g/mol. The minimum Gasteiger partial charge on any atom is -0.333 e. The van der Waals surface area contributed by atoms with Gasteiger partial charge in [-0.3, -0.25) is 0 Å². The van der Waals surface area contributed by atoms with E-state index in [4.69, 9.17) is 11.6 Å². The van der Waals surface area contributed by atoms with Crippen LogP contribution in [-0.4, -0.2) is 32.1 Å². The molecule has 0 saturated heterocycles. The monoisotopic (exact) mass is 362 g/mol. The Hall–Kier alpha value is -2.01. The van der Waals surface area contributed by atoms with E-state index >= 15 is 0 Å². The quantitative estimate of drug-likeness (QED) is 0.861. The van der Waals surface area contributed by atoms with Crippen molar-refractivity contribution in [1.82, 2.24) is 19.8 Å². The molecule has 0 aliphatic rings. The average molecular weight is 363 g/mol. The van der Waals surface area contributed by atoms with E-state index < -0.39 is 0 Å². The van der Waals surface area contributed by atoms with Crippen LogP contribution in [0.5, 0.6) is 0 Å². The van der Waals surface area contributed by atoms with Gasteiger partial charge in [-0.2, -0.15) is 0 Å². The lowest BCUT2D eigenvalue weighted by Gasteiger charge is -2.31. The molecule has 0 fully saturated rings. The van der Waals surface area contributed by atoms with Gasteiger partial charge in [-0.15, -0.1) is 0 Å². The van der Waals surface area contributed by atoms with Crippen LogP contribution >= 0.6 is 11.6 Å². The largest absolute Gasteiger partial charge is 0.333 e. The number of carbonyl (C=O) groups is 1. The van der Waals surface area contributed by atoms with Crippen LogP contribution in [0.1, 0.15) is 46.0 Å². The van der Waals surface area contributed by atoms with Crippen molar-refractivity contribution in [3.63, 3.8) is 0 Å². The molecule has 136 valence electrons. The topological polar surface area (TPSA) is 50.2 Å². The van der Waals surface area contributed by atoms with Gasteiger partial charge in [0.1, 0.15) is 5.82 Å². The number of nitrogens with one attached hydrogen (secondary N) is 1. The molecule has 6 heteroatoms. The molecule has 1 heterocycles. The maximum absolute atomic E-state index is 12.6. The van der Waals surface area contributed by atoms with Crippen molar-refractivity contribution in [2.75, 3.05) is 0 Å². The molecule has 1 aromatic heterocycles. The summed E-state index contributed by atoms with van der Waals surface area (Å²) >= 11 is 6.07. The lowest BCUT2D eigenvalue weighted by Crippen LogP contribution is -2.50. The smallest absolute Gasteiger partial charge is 0.318 e. The van der Waals surface area contributed by atoms with Crippen molar-refractivity contribution in [3.05, 3.63) is 53.1 Å². The van der Waals surface area contributed by atoms with E-state index in [1.165, 1.54) is 0 Å². The van der Waals surface area contributed by atoms with E-state index in [0.29, 0.717) is 18.1 Å². The minimum absolute atomic E-state index is 0.0682. The summed E-state index contributed by atoms with van der Waals surface area (Å²) in [6.07, 6.45) is 3.69. The summed E-state index contributed by atoms with van der Waals surface area (Å²) in [7, 11) is 0. The summed E-state index contributed by atoms with van der Waals surface area (Å²) in [5.41, 5.74) is 0.822. The van der Waals surface area contributed by atoms with Crippen LogP contribution in [0, 0.1) is 0 Å². The Labute approximate surface area is 155 Å². The van der Waals surface area contributed by atoms with Gasteiger partial charge in [0.25, 0.3) is 0 Å². The molecule has 0 radical (unpaired) electrons. The predicted molar refractivity (Wildman–Crippen MR) is 102 cm³/mol. The number of imidazole rings is 1. The molecule has 2 aromatic rings. The van der Waals surface area contributed by atoms with E-state index in [1.54, 1.807) is 11.1 Å². The molecule has 25 heavy (non-hydrogen) atoms. The molecule has 0 atom stereocenters. The minimum atomic E-state index is -0.277. The summed E-state index contributed by atoms with van der Waals surface area (Å²) in [5.74, 6) is 0.845. The molecule has 5 nitrogen and oxygen atoms in total. The lowest BCUT2D eigenvalue weighted by atomic mass is 10.1. The number of hydrogen-bond acceptors (Lipinski definition) is 2. The zero-order valence-electron chi connectivity index (χ0n) is 15.6. The van der Waals surface area contributed by atoms with Gasteiger partial charge in [-0.05, 0) is 52.3 Å². The first-order chi connectivity index (χ1) is 11.7. The highest BCUT2D eigenvalue weighted by atomic mass is 35.5. The van der Waals surface area contributed by atoms with Gasteiger partial charge < -0.3 is 14.8 Å². The summed E-state index contributed by atoms with van der Waals surface area (Å²) in [4.78, 5) is 18.8. The molecule has 1 aromatic carbocycles. The van der Waals surface area contributed by atoms with Gasteiger partial charge in [0.2, 0.25) is 0 Å². The fourth-order valence-corrected chi connectivity index (χ4v) is 2.71. The van der Waals surface area contributed by atoms with Crippen LogP contribution in [0.25, 0.3) is 0 Å². The Kier molecular flexibility index (Phi) is 6.11. The summed E-state index contributed by atoms with van der Waals surface area (Å²) < 4.78 is 2.05. The second-order valence-corrected chi connectivity index (χ2v) is 7.94. The number of halogens is 1. The Morgan fingerprint density at radius 2 is 2.08 bits per heavy atom. The number of benzene rings is 1. The fourth-order valence-electron chi connectivity index (χ4n) is 2.50. The highest BCUT2D eigenvalue weighted by Gasteiger charge is 2.23. The van der Waals surface area contributed by atoms with Crippen LogP contribution < -0.4 is 5.32 Å². The third-order valence-corrected chi connectivity index (χ3v) is 3.96. The predicted octanol–water partition coefficient (Wildman–Crippen LogP) is 4.30. The van der Waals surface area contributed by atoms with Crippen molar-refractivity contribution in [1.29, 1.82) is 0 Å². The van der Waals surface area contributed by atoms with E-state index in [2.05, 4.69) is 10.3 Å². The number of aromatic nitrogens is 2. The Morgan fingerprint density at radius 3 is 2.68 bits per heavy atom. The molecule has 0 aliphatic heterocycles. The van der Waals surface area contributed by atoms with Gasteiger partial charge in [0, 0.05) is 35.5 Å². The zero-order valence-corrected chi connectivity index (χ0v) is 16.3. The Balaban J connectivity index is 2.15. The molecule has 0 bridgehead atoms. The summed E-state index contributed by atoms with van der Waals surface area (Å²) in [5, 5.41) is 3.74. The van der Waals surface area contributed by atoms with E-state index in [1.807, 2.05) is 69.6 Å². The van der Waals surface area contributed by atoms with Crippen molar-refractivity contribution in [2.45, 2.75) is 59.3 Å². The first-order valence-corrected chi connectivity index (χ1v) is 8.87. The SMILES string of the molecule is CC(C)N(Cc1nccn1Cc1cccc(Cl)c1)C(=O)NC(C)(C)C. The highest BCUT2D eigenvalue weighted by Crippen LogP contribution is 2.14. The van der Waals surface area contributed by atoms with Crippen LogP contribution in [0.4, 0.5) is 4.79 Å². The zero-order chi connectivity index (χ0) is 18.6. The lowest BCUT2D eigenvalue weighted by molar-refractivity contribution is 0.168. The number of rotatable bonds is 5. The molecule has 0 unspecified atom stereocenters. The maximum Gasteiger partial charge on any atom is 0.318 e. The molecule has 0 saturated carbocycles. The van der Waals surface area contributed by atoms with Crippen molar-refractivity contribution < 1.29 is 4.79 Å². The third kappa shape index (κ3) is 5.78. The maximum atomic E-state index is 12.6. The number of urea groups is 1. The molecule has 0 aliphatic carbocycles. The van der Waals surface area contributed by atoms with E-state index in [9.17, 15) is 4.79 Å². The van der Waals surface area contributed by atoms with Crippen molar-refractivity contribution in [3.8, 4) is 0 Å². The number of carbonyl (C=O) groups excluding carboxylic acids is 1. The van der Waals surface area contributed by atoms with Gasteiger partial charge in [-0.1, -0.05) is 23.7 Å². The third-order valence-electron chi connectivity index (χ3n) is 3.72. The number of amides is 2. The number of nitrogens with zero attached hydrogens (tertiary/aromatic N) is 3. The summed E-state index contributed by atoms with van der Waals surface area (Å²) in [6.45, 7) is 11.1. The number of hydrogen-bond donors (Lipinski definition) is 1. The van der Waals surface area contributed by atoms with Crippen LogP contribution in [0.2, 0.25) is 5.02 Å². The van der Waals surface area contributed by atoms with Crippen LogP contribution in [0.3, 0.4) is 0 Å². The van der Waals surface area contributed by atoms with Crippen molar-refractivity contribution >= 4 is 17.6 Å². The highest BCUT2D eigenvalue weighted by molar-refractivity contribution is 6.30. The van der Waals surface area contributed by atoms with Gasteiger partial charge in [0.15, 0.2) is 0 Å². The summed E-state index contributed by atoms with van der Waals surface area (Å²) in [6, 6.07) is 7.75.